The molecule has 1 aromatic rings. The Labute approximate surface area is 137 Å². The predicted molar refractivity (Wildman–Crippen MR) is 91.9 cm³/mol. The summed E-state index contributed by atoms with van der Waals surface area (Å²) in [6.07, 6.45) is 0.673. The van der Waals surface area contributed by atoms with Crippen molar-refractivity contribution in [3.05, 3.63) is 23.3 Å². The molecular weight excluding hydrogens is 292 g/mol. The van der Waals surface area contributed by atoms with E-state index in [1.807, 2.05) is 20.8 Å². The molecule has 0 saturated carbocycles. The van der Waals surface area contributed by atoms with E-state index in [0.29, 0.717) is 6.54 Å². The highest BCUT2D eigenvalue weighted by atomic mass is 16.6. The second kappa shape index (κ2) is 6.02. The second-order valence-corrected chi connectivity index (χ2v) is 7.11. The molecule has 0 aromatic heterocycles. The highest BCUT2D eigenvalue weighted by molar-refractivity contribution is 5.93. The van der Waals surface area contributed by atoms with E-state index >= 15 is 0 Å². The number of anilines is 2. The van der Waals surface area contributed by atoms with Gasteiger partial charge in [-0.25, -0.2) is 4.79 Å². The van der Waals surface area contributed by atoms with Crippen LogP contribution in [0.25, 0.3) is 0 Å². The number of nitrogens with one attached hydrogen (secondary N) is 3. The third-order valence-electron chi connectivity index (χ3n) is 4.12. The molecule has 6 heteroatoms. The second-order valence-electron chi connectivity index (χ2n) is 7.11. The van der Waals surface area contributed by atoms with Crippen LogP contribution in [0.3, 0.4) is 0 Å². The summed E-state index contributed by atoms with van der Waals surface area (Å²) in [5.74, 6) is 0. The molecule has 6 nitrogen and oxygen atoms in total. The van der Waals surface area contributed by atoms with Gasteiger partial charge in [0.05, 0.1) is 5.69 Å². The number of benzene rings is 1. The van der Waals surface area contributed by atoms with Gasteiger partial charge in [0.2, 0.25) is 0 Å². The molecule has 0 atom stereocenters. The lowest BCUT2D eigenvalue weighted by atomic mass is 10.1. The van der Waals surface area contributed by atoms with Gasteiger partial charge in [-0.05, 0) is 51.3 Å². The first-order valence-corrected chi connectivity index (χ1v) is 8.21. The third-order valence-corrected chi connectivity index (χ3v) is 4.12. The summed E-state index contributed by atoms with van der Waals surface area (Å²) < 4.78 is 5.55. The molecule has 0 radical (unpaired) electrons. The SMILES string of the molecule is Cc1c(NC2NCCN2)ccc2c1N(C(=O)OC(C)(C)C)CC2. The molecule has 1 aromatic carbocycles. The van der Waals surface area contributed by atoms with Crippen molar-refractivity contribution >= 4 is 17.5 Å². The maximum absolute atomic E-state index is 12.5. The minimum Gasteiger partial charge on any atom is -0.443 e. The average Bonchev–Trinajstić information content (AvgIpc) is 3.09. The number of hydrogen-bond donors (Lipinski definition) is 3. The van der Waals surface area contributed by atoms with Crippen molar-refractivity contribution in [2.24, 2.45) is 0 Å². The Morgan fingerprint density at radius 3 is 2.65 bits per heavy atom. The van der Waals surface area contributed by atoms with Crippen LogP contribution in [-0.2, 0) is 11.2 Å². The van der Waals surface area contributed by atoms with Crippen molar-refractivity contribution in [3.63, 3.8) is 0 Å². The zero-order valence-corrected chi connectivity index (χ0v) is 14.3. The van der Waals surface area contributed by atoms with E-state index in [1.54, 1.807) is 4.90 Å². The van der Waals surface area contributed by atoms with Crippen LogP contribution in [0.15, 0.2) is 12.1 Å². The maximum Gasteiger partial charge on any atom is 0.414 e. The highest BCUT2D eigenvalue weighted by Gasteiger charge is 2.31. The Hall–Kier alpha value is -1.79. The van der Waals surface area contributed by atoms with Gasteiger partial charge < -0.3 is 10.1 Å². The van der Waals surface area contributed by atoms with Gasteiger partial charge in [-0.2, -0.15) is 0 Å². The van der Waals surface area contributed by atoms with Gasteiger partial charge in [-0.3, -0.25) is 15.5 Å². The molecule has 2 aliphatic rings. The van der Waals surface area contributed by atoms with Crippen LogP contribution in [-0.4, -0.2) is 37.6 Å². The van der Waals surface area contributed by atoms with E-state index in [4.69, 9.17) is 4.74 Å². The summed E-state index contributed by atoms with van der Waals surface area (Å²) >= 11 is 0. The predicted octanol–water partition coefficient (Wildman–Crippen LogP) is 2.18. The standard InChI is InChI=1S/C17H26N4O2/c1-11-13(20-15-18-8-9-19-15)6-5-12-7-10-21(14(11)12)16(22)23-17(2,3)4/h5-6,15,18-20H,7-10H2,1-4H3. The summed E-state index contributed by atoms with van der Waals surface area (Å²) in [7, 11) is 0. The normalized spacial score (nSPS) is 18.2. The van der Waals surface area contributed by atoms with E-state index in [-0.39, 0.29) is 12.4 Å². The van der Waals surface area contributed by atoms with Gasteiger partial charge in [0, 0.05) is 25.3 Å². The third kappa shape index (κ3) is 3.43. The zero-order valence-electron chi connectivity index (χ0n) is 14.3. The molecule has 3 rings (SSSR count). The van der Waals surface area contributed by atoms with E-state index < -0.39 is 5.60 Å². The van der Waals surface area contributed by atoms with Gasteiger partial charge in [0.15, 0.2) is 0 Å². The average molecular weight is 318 g/mol. The summed E-state index contributed by atoms with van der Waals surface area (Å²) in [6, 6.07) is 4.19. The van der Waals surface area contributed by atoms with Crippen LogP contribution in [0, 0.1) is 6.92 Å². The quantitative estimate of drug-likeness (QED) is 0.780. The zero-order chi connectivity index (χ0) is 16.6. The Bertz CT molecular complexity index is 603. The summed E-state index contributed by atoms with van der Waals surface area (Å²) in [5.41, 5.74) is 3.82. The monoisotopic (exact) mass is 318 g/mol. The minimum absolute atomic E-state index is 0.0723. The lowest BCUT2D eigenvalue weighted by Gasteiger charge is -2.26. The molecule has 2 heterocycles. The van der Waals surface area contributed by atoms with Crippen molar-refractivity contribution in [2.45, 2.75) is 46.0 Å². The van der Waals surface area contributed by atoms with Crippen LogP contribution >= 0.6 is 0 Å². The maximum atomic E-state index is 12.5. The van der Waals surface area contributed by atoms with Crippen molar-refractivity contribution in [1.82, 2.24) is 10.6 Å². The molecule has 1 saturated heterocycles. The largest absolute Gasteiger partial charge is 0.443 e. The van der Waals surface area contributed by atoms with E-state index in [9.17, 15) is 4.79 Å². The number of fused-ring (bicyclic) bond motifs is 1. The molecule has 3 N–H and O–H groups in total. The number of ether oxygens (including phenoxy) is 1. The van der Waals surface area contributed by atoms with E-state index in [0.717, 1.165) is 36.4 Å². The Kier molecular flexibility index (Phi) is 4.21. The summed E-state index contributed by atoms with van der Waals surface area (Å²) in [6.45, 7) is 10.3. The van der Waals surface area contributed by atoms with Crippen LogP contribution in [0.5, 0.6) is 0 Å². The number of hydrogen-bond acceptors (Lipinski definition) is 5. The first-order valence-electron chi connectivity index (χ1n) is 8.21. The number of amides is 1. The first kappa shape index (κ1) is 16.1. The molecule has 126 valence electrons. The lowest BCUT2D eigenvalue weighted by molar-refractivity contribution is 0.0584. The molecule has 2 aliphatic heterocycles. The van der Waals surface area contributed by atoms with Crippen LogP contribution in [0.1, 0.15) is 31.9 Å². The summed E-state index contributed by atoms with van der Waals surface area (Å²) in [4.78, 5) is 14.3. The number of rotatable bonds is 2. The Morgan fingerprint density at radius 1 is 1.30 bits per heavy atom. The molecule has 0 unspecified atom stereocenters. The van der Waals surface area contributed by atoms with E-state index in [2.05, 4.69) is 35.0 Å². The molecule has 0 spiro atoms. The molecule has 0 aliphatic carbocycles. The van der Waals surface area contributed by atoms with Crippen molar-refractivity contribution in [3.8, 4) is 0 Å². The fourth-order valence-electron chi connectivity index (χ4n) is 3.10. The molecular formula is C17H26N4O2. The molecule has 0 bridgehead atoms. The molecule has 1 fully saturated rings. The van der Waals surface area contributed by atoms with Crippen LogP contribution in [0.4, 0.5) is 16.2 Å². The fourth-order valence-corrected chi connectivity index (χ4v) is 3.10. The van der Waals surface area contributed by atoms with E-state index in [1.165, 1.54) is 5.56 Å². The molecule has 23 heavy (non-hydrogen) atoms. The van der Waals surface area contributed by atoms with Crippen molar-refractivity contribution < 1.29 is 9.53 Å². The van der Waals surface area contributed by atoms with Crippen molar-refractivity contribution in [2.75, 3.05) is 29.9 Å². The van der Waals surface area contributed by atoms with Gasteiger partial charge in [0.1, 0.15) is 11.9 Å². The smallest absolute Gasteiger partial charge is 0.414 e. The minimum atomic E-state index is -0.485. The first-order chi connectivity index (χ1) is 10.8. The number of nitrogens with zero attached hydrogens (tertiary/aromatic N) is 1. The summed E-state index contributed by atoms with van der Waals surface area (Å²) in [5, 5.41) is 10.1. The van der Waals surface area contributed by atoms with Gasteiger partial charge >= 0.3 is 6.09 Å². The van der Waals surface area contributed by atoms with Crippen LogP contribution < -0.4 is 20.9 Å². The number of carbonyl (C=O) groups is 1. The van der Waals surface area contributed by atoms with Crippen LogP contribution in [0.2, 0.25) is 0 Å². The van der Waals surface area contributed by atoms with Gasteiger partial charge in [-0.1, -0.05) is 6.07 Å². The topological polar surface area (TPSA) is 65.6 Å². The molecule has 1 amide bonds. The van der Waals surface area contributed by atoms with Crippen molar-refractivity contribution in [1.29, 1.82) is 0 Å². The highest BCUT2D eigenvalue weighted by Crippen LogP contribution is 2.36. The fraction of sp³-hybridized carbons (Fsp3) is 0.588. The number of carbonyl (C=O) groups excluding carboxylic acids is 1. The van der Waals surface area contributed by atoms with Gasteiger partial charge in [-0.15, -0.1) is 0 Å². The van der Waals surface area contributed by atoms with Gasteiger partial charge in [0.25, 0.3) is 0 Å². The Balaban J connectivity index is 1.84. The lowest BCUT2D eigenvalue weighted by Crippen LogP contribution is -2.39. The Morgan fingerprint density at radius 2 is 2.00 bits per heavy atom.